The van der Waals surface area contributed by atoms with Crippen LogP contribution in [0.3, 0.4) is 0 Å². The number of aromatic nitrogens is 1. The van der Waals surface area contributed by atoms with Crippen LogP contribution in [0.1, 0.15) is 43.9 Å². The number of carbonyl (C=O) groups is 1. The summed E-state index contributed by atoms with van der Waals surface area (Å²) in [6.07, 6.45) is 2.97. The Morgan fingerprint density at radius 3 is 2.41 bits per heavy atom. The average Bonchev–Trinajstić information content (AvgIpc) is 3.22. The minimum Gasteiger partial charge on any atom is -0.497 e. The minimum atomic E-state index is -0.527. The van der Waals surface area contributed by atoms with E-state index in [-0.39, 0.29) is 16.8 Å². The van der Waals surface area contributed by atoms with Crippen molar-refractivity contribution in [1.82, 2.24) is 4.57 Å². The maximum absolute atomic E-state index is 13.9. The largest absolute Gasteiger partial charge is 0.497 e. The molecule has 0 radical (unpaired) electrons. The van der Waals surface area contributed by atoms with Gasteiger partial charge in [0.15, 0.2) is 10.6 Å². The summed E-state index contributed by atoms with van der Waals surface area (Å²) >= 11 is 1.35. The Morgan fingerprint density at radius 2 is 1.67 bits per heavy atom. The number of fused-ring (bicyclic) bond motifs is 1. The van der Waals surface area contributed by atoms with Gasteiger partial charge in [0.2, 0.25) is 0 Å². The average molecular weight is 537 g/mol. The Morgan fingerprint density at radius 1 is 0.923 bits per heavy atom. The maximum Gasteiger partial charge on any atom is 0.271 e. The summed E-state index contributed by atoms with van der Waals surface area (Å²) in [6.45, 7) is 4.18. The molecule has 0 saturated heterocycles. The molecular weight excluding hydrogens is 508 g/mol. The highest BCUT2D eigenvalue weighted by Crippen LogP contribution is 2.43. The van der Waals surface area contributed by atoms with Gasteiger partial charge in [-0.15, -0.1) is 0 Å². The van der Waals surface area contributed by atoms with E-state index in [2.05, 4.69) is 13.8 Å². The number of hydrogen-bond acceptors (Lipinski definition) is 6. The number of ether oxygens (including phenoxy) is 2. The second kappa shape index (κ2) is 9.82. The van der Waals surface area contributed by atoms with E-state index in [1.165, 1.54) is 11.3 Å². The van der Waals surface area contributed by atoms with Gasteiger partial charge in [0.05, 0.1) is 23.4 Å². The summed E-state index contributed by atoms with van der Waals surface area (Å²) in [5.74, 6) is 2.19. The van der Waals surface area contributed by atoms with Gasteiger partial charge in [0, 0.05) is 12.0 Å². The van der Waals surface area contributed by atoms with E-state index in [1.54, 1.807) is 11.7 Å². The number of benzene rings is 3. The van der Waals surface area contributed by atoms with Crippen LogP contribution < -0.4 is 24.4 Å². The zero-order valence-corrected chi connectivity index (χ0v) is 22.8. The summed E-state index contributed by atoms with van der Waals surface area (Å²) < 4.78 is 13.6. The lowest BCUT2D eigenvalue weighted by atomic mass is 9.73. The summed E-state index contributed by atoms with van der Waals surface area (Å²) in [5.41, 5.74) is 2.75. The quantitative estimate of drug-likeness (QED) is 0.342. The molecule has 1 unspecified atom stereocenters. The third-order valence-corrected chi connectivity index (χ3v) is 8.04. The fourth-order valence-electron chi connectivity index (χ4n) is 5.29. The van der Waals surface area contributed by atoms with Crippen LogP contribution in [-0.2, 0) is 4.79 Å². The Kier molecular flexibility index (Phi) is 6.31. The second-order valence-corrected chi connectivity index (χ2v) is 11.7. The number of allylic oxidation sites excluding steroid dienone is 2. The van der Waals surface area contributed by atoms with E-state index in [9.17, 15) is 9.59 Å². The molecule has 1 aliphatic heterocycles. The lowest BCUT2D eigenvalue weighted by Crippen LogP contribution is -2.42. The van der Waals surface area contributed by atoms with E-state index in [0.717, 1.165) is 22.6 Å². The van der Waals surface area contributed by atoms with Crippen LogP contribution in [0.15, 0.2) is 99.9 Å². The molecule has 1 aromatic heterocycles. The van der Waals surface area contributed by atoms with E-state index in [4.69, 9.17) is 14.5 Å². The number of nitrogens with zero attached hydrogens (tertiary/aromatic N) is 2. The maximum atomic E-state index is 13.9. The topological polar surface area (TPSA) is 69.9 Å². The van der Waals surface area contributed by atoms with Crippen LogP contribution in [0.4, 0.5) is 0 Å². The van der Waals surface area contributed by atoms with Crippen molar-refractivity contribution >= 4 is 23.2 Å². The molecule has 0 fully saturated rings. The van der Waals surface area contributed by atoms with E-state index < -0.39 is 6.04 Å². The lowest BCUT2D eigenvalue weighted by Gasteiger charge is -2.35. The first-order valence-electron chi connectivity index (χ1n) is 12.9. The molecule has 6 rings (SSSR count). The van der Waals surface area contributed by atoms with E-state index in [0.29, 0.717) is 39.2 Å². The monoisotopic (exact) mass is 536 g/mol. The molecule has 0 saturated carbocycles. The van der Waals surface area contributed by atoms with Crippen molar-refractivity contribution in [3.63, 3.8) is 0 Å². The molecule has 3 aromatic carbocycles. The number of ketones is 1. The molecular formula is C32H28N2O4S. The van der Waals surface area contributed by atoms with Crippen molar-refractivity contribution in [3.05, 3.63) is 121 Å². The molecule has 0 amide bonds. The van der Waals surface area contributed by atoms with Crippen molar-refractivity contribution in [2.24, 2.45) is 10.4 Å². The zero-order valence-electron chi connectivity index (χ0n) is 22.0. The standard InChI is InChI=1S/C32H28N2O4S/c1-32(2)18-25-28(26(35)19-32)29(21-12-14-22(37-3)15-13-21)34-30(36)27(39-31(34)33-25)17-20-8-7-11-24(16-20)38-23-9-5-4-6-10-23/h4-17,29H,18-19H2,1-3H3. The van der Waals surface area contributed by atoms with Gasteiger partial charge in [0.25, 0.3) is 5.56 Å². The number of methoxy groups -OCH3 is 1. The van der Waals surface area contributed by atoms with Gasteiger partial charge in [-0.25, -0.2) is 4.99 Å². The molecule has 2 aliphatic rings. The zero-order chi connectivity index (χ0) is 27.1. The Bertz CT molecular complexity index is 1780. The molecule has 39 heavy (non-hydrogen) atoms. The van der Waals surface area contributed by atoms with Gasteiger partial charge in [-0.2, -0.15) is 0 Å². The van der Waals surface area contributed by atoms with Crippen LogP contribution in [0.2, 0.25) is 0 Å². The SMILES string of the molecule is COc1ccc(C2C3=C(CC(C)(C)CC3=O)N=c3sc(=Cc4cccc(Oc5ccccc5)c4)c(=O)n32)cc1. The fourth-order valence-corrected chi connectivity index (χ4v) is 6.31. The molecule has 6 nitrogen and oxygen atoms in total. The lowest BCUT2D eigenvalue weighted by molar-refractivity contribution is -0.118. The van der Waals surface area contributed by atoms with Crippen LogP contribution in [-0.4, -0.2) is 17.5 Å². The summed E-state index contributed by atoms with van der Waals surface area (Å²) in [4.78, 5) is 32.9. The second-order valence-electron chi connectivity index (χ2n) is 10.6. The summed E-state index contributed by atoms with van der Waals surface area (Å²) in [5, 5.41) is 0. The van der Waals surface area contributed by atoms with Crippen molar-refractivity contribution < 1.29 is 14.3 Å². The van der Waals surface area contributed by atoms with Crippen molar-refractivity contribution in [1.29, 1.82) is 0 Å². The van der Waals surface area contributed by atoms with Crippen molar-refractivity contribution in [2.45, 2.75) is 32.7 Å². The van der Waals surface area contributed by atoms with Crippen LogP contribution in [0.25, 0.3) is 6.08 Å². The predicted molar refractivity (Wildman–Crippen MR) is 152 cm³/mol. The number of thiazole rings is 1. The van der Waals surface area contributed by atoms with Crippen LogP contribution >= 0.6 is 11.3 Å². The normalized spacial score (nSPS) is 18.3. The number of rotatable bonds is 5. The van der Waals surface area contributed by atoms with Gasteiger partial charge < -0.3 is 9.47 Å². The molecule has 0 spiro atoms. The number of carbonyl (C=O) groups excluding carboxylic acids is 1. The third-order valence-electron chi connectivity index (χ3n) is 7.06. The molecule has 2 heterocycles. The third kappa shape index (κ3) is 4.86. The first-order valence-corrected chi connectivity index (χ1v) is 13.7. The minimum absolute atomic E-state index is 0.0471. The van der Waals surface area contributed by atoms with Gasteiger partial charge in [-0.05, 0) is 65.4 Å². The molecule has 1 atom stereocenters. The summed E-state index contributed by atoms with van der Waals surface area (Å²) in [6, 6.07) is 24.3. The first-order chi connectivity index (χ1) is 18.8. The highest BCUT2D eigenvalue weighted by atomic mass is 32.1. The number of Topliss-reactive ketones (excluding diaryl/α,β-unsaturated/α-hetero) is 1. The molecule has 0 bridgehead atoms. The predicted octanol–water partition coefficient (Wildman–Crippen LogP) is 5.41. The van der Waals surface area contributed by atoms with Crippen molar-refractivity contribution in [2.75, 3.05) is 7.11 Å². The smallest absolute Gasteiger partial charge is 0.271 e. The van der Waals surface area contributed by atoms with Crippen molar-refractivity contribution in [3.8, 4) is 17.2 Å². The molecule has 4 aromatic rings. The van der Waals surface area contributed by atoms with E-state index in [1.807, 2.05) is 84.9 Å². The Labute approximate surface area is 230 Å². The molecule has 7 heteroatoms. The van der Waals surface area contributed by atoms with Gasteiger partial charge >= 0.3 is 0 Å². The Balaban J connectivity index is 1.47. The van der Waals surface area contributed by atoms with Gasteiger partial charge in [-0.3, -0.25) is 14.2 Å². The highest BCUT2D eigenvalue weighted by molar-refractivity contribution is 7.07. The molecule has 0 N–H and O–H groups in total. The molecule has 196 valence electrons. The summed E-state index contributed by atoms with van der Waals surface area (Å²) in [7, 11) is 1.62. The number of para-hydroxylation sites is 1. The number of hydrogen-bond donors (Lipinski definition) is 0. The van der Waals surface area contributed by atoms with Crippen LogP contribution in [0, 0.1) is 5.41 Å². The van der Waals surface area contributed by atoms with E-state index >= 15 is 0 Å². The molecule has 1 aliphatic carbocycles. The van der Waals surface area contributed by atoms with Gasteiger partial charge in [0.1, 0.15) is 17.2 Å². The fraction of sp³-hybridized carbons (Fsp3) is 0.219. The van der Waals surface area contributed by atoms with Gasteiger partial charge in [-0.1, -0.05) is 67.6 Å². The van der Waals surface area contributed by atoms with Crippen LogP contribution in [0.5, 0.6) is 17.2 Å². The first kappa shape index (κ1) is 25.1. The highest BCUT2D eigenvalue weighted by Gasteiger charge is 2.40. The Hall–Kier alpha value is -4.23.